The van der Waals surface area contributed by atoms with Crippen LogP contribution in [0.1, 0.15) is 25.7 Å². The van der Waals surface area contributed by atoms with E-state index in [2.05, 4.69) is 0 Å². The first-order valence-electron chi connectivity index (χ1n) is 5.03. The van der Waals surface area contributed by atoms with Crippen molar-refractivity contribution in [3.05, 3.63) is 0 Å². The van der Waals surface area contributed by atoms with E-state index in [1.807, 2.05) is 0 Å². The van der Waals surface area contributed by atoms with Gasteiger partial charge >= 0.3 is 59.1 Å². The molecular weight excluding hydrogens is 230 g/mol. The van der Waals surface area contributed by atoms with Gasteiger partial charge in [-0.3, -0.25) is 0 Å². The van der Waals surface area contributed by atoms with Gasteiger partial charge in [0.25, 0.3) is 0 Å². The summed E-state index contributed by atoms with van der Waals surface area (Å²) in [6.45, 7) is 0. The molecule has 0 amide bonds. The Kier molecular flexibility index (Phi) is 7.16. The molecule has 16 heavy (non-hydrogen) atoms. The Morgan fingerprint density at radius 3 is 1.19 bits per heavy atom. The molecule has 3 fully saturated rings. The van der Waals surface area contributed by atoms with E-state index in [1.54, 1.807) is 0 Å². The molecule has 0 aromatic rings. The summed E-state index contributed by atoms with van der Waals surface area (Å²) >= 11 is 0. The molecule has 0 radical (unpaired) electrons. The van der Waals surface area contributed by atoms with E-state index < -0.39 is 23.8 Å². The molecule has 2 bridgehead atoms. The van der Waals surface area contributed by atoms with Gasteiger partial charge in [0, 0.05) is 23.8 Å². The summed E-state index contributed by atoms with van der Waals surface area (Å²) in [6, 6.07) is 0. The van der Waals surface area contributed by atoms with Crippen molar-refractivity contribution in [3.8, 4) is 0 Å². The van der Waals surface area contributed by atoms with Crippen LogP contribution in [0.3, 0.4) is 0 Å². The van der Waals surface area contributed by atoms with E-state index in [0.717, 1.165) is 25.7 Å². The van der Waals surface area contributed by atoms with E-state index in [0.29, 0.717) is 0 Å². The summed E-state index contributed by atoms with van der Waals surface area (Å²) in [7, 11) is 0. The van der Waals surface area contributed by atoms with Crippen LogP contribution in [0.5, 0.6) is 0 Å². The van der Waals surface area contributed by atoms with Crippen molar-refractivity contribution in [2.75, 3.05) is 0 Å². The van der Waals surface area contributed by atoms with E-state index >= 15 is 0 Å². The molecule has 3 aliphatic rings. The average Bonchev–Trinajstić information content (AvgIpc) is 2.17. The standard InChI is InChI=1S/C10H14O4.2Na/c11-9(12)7-5-1-2-6(4-3-5)8(7)10(13)14;;/h5-8H,1-4H2,(H,11,12)(H,13,14);;/q;2*+1/p-2. The normalized spacial score (nSPS) is 35.8. The molecule has 3 aliphatic carbocycles. The molecule has 0 spiro atoms. The molecule has 0 aromatic heterocycles. The number of carbonyl (C=O) groups is 2. The van der Waals surface area contributed by atoms with Crippen molar-refractivity contribution in [2.24, 2.45) is 23.7 Å². The van der Waals surface area contributed by atoms with Gasteiger partial charge < -0.3 is 19.8 Å². The molecule has 4 nitrogen and oxygen atoms in total. The Morgan fingerprint density at radius 2 is 1.00 bits per heavy atom. The Balaban J connectivity index is 0.00000112. The maximum absolute atomic E-state index is 10.9. The number of carboxylic acids is 2. The van der Waals surface area contributed by atoms with E-state index in [1.165, 1.54) is 0 Å². The predicted octanol–water partition coefficient (Wildman–Crippen LogP) is -7.45. The number of carbonyl (C=O) groups excluding carboxylic acids is 2. The third-order valence-electron chi connectivity index (χ3n) is 3.76. The topological polar surface area (TPSA) is 80.3 Å². The fourth-order valence-electron chi connectivity index (χ4n) is 3.13. The van der Waals surface area contributed by atoms with Crippen molar-refractivity contribution in [1.82, 2.24) is 0 Å². The van der Waals surface area contributed by atoms with Crippen LogP contribution in [0, 0.1) is 23.7 Å². The molecule has 78 valence electrons. The molecular formula is C10H12Na2O4. The molecule has 0 heterocycles. The number of hydrogen-bond acceptors (Lipinski definition) is 4. The maximum Gasteiger partial charge on any atom is 1.00 e. The zero-order valence-electron chi connectivity index (χ0n) is 9.77. The third-order valence-corrected chi connectivity index (χ3v) is 3.76. The van der Waals surface area contributed by atoms with Gasteiger partial charge in [0.05, 0.1) is 0 Å². The molecule has 0 aliphatic heterocycles. The summed E-state index contributed by atoms with van der Waals surface area (Å²) in [5.41, 5.74) is 0. The second-order valence-electron chi connectivity index (χ2n) is 4.36. The minimum atomic E-state index is -1.21. The zero-order valence-corrected chi connectivity index (χ0v) is 13.8. The summed E-state index contributed by atoms with van der Waals surface area (Å²) in [5.74, 6) is -4.07. The van der Waals surface area contributed by atoms with Crippen LogP contribution >= 0.6 is 0 Å². The van der Waals surface area contributed by atoms with Gasteiger partial charge in [-0.05, 0) is 37.5 Å². The van der Waals surface area contributed by atoms with Crippen molar-refractivity contribution < 1.29 is 78.9 Å². The summed E-state index contributed by atoms with van der Waals surface area (Å²) in [6.07, 6.45) is 3.31. The molecule has 2 unspecified atom stereocenters. The minimum Gasteiger partial charge on any atom is -0.550 e. The molecule has 3 saturated carbocycles. The predicted molar refractivity (Wildman–Crippen MR) is 42.4 cm³/mol. The Morgan fingerprint density at radius 1 is 0.750 bits per heavy atom. The van der Waals surface area contributed by atoms with Gasteiger partial charge in [0.1, 0.15) is 0 Å². The number of fused-ring (bicyclic) bond motifs is 3. The van der Waals surface area contributed by atoms with E-state index in [-0.39, 0.29) is 71.0 Å². The van der Waals surface area contributed by atoms with Crippen LogP contribution in [0.15, 0.2) is 0 Å². The van der Waals surface area contributed by atoms with Gasteiger partial charge in [-0.1, -0.05) is 0 Å². The molecule has 0 saturated heterocycles. The number of aliphatic carboxylic acids is 2. The largest absolute Gasteiger partial charge is 1.00 e. The monoisotopic (exact) mass is 242 g/mol. The Bertz CT molecular complexity index is 246. The number of carboxylic acid groups (broad SMARTS) is 2. The SMILES string of the molecule is O=C([O-])C1C2CCC(CC2)C1C(=O)[O-].[Na+].[Na+]. The third kappa shape index (κ3) is 3.03. The first kappa shape index (κ1) is 16.9. The van der Waals surface area contributed by atoms with Crippen LogP contribution in [0.4, 0.5) is 0 Å². The first-order chi connectivity index (χ1) is 6.61. The van der Waals surface area contributed by atoms with Crippen molar-refractivity contribution >= 4 is 11.9 Å². The maximum atomic E-state index is 10.9. The fourth-order valence-corrected chi connectivity index (χ4v) is 3.13. The number of rotatable bonds is 2. The van der Waals surface area contributed by atoms with Crippen molar-refractivity contribution in [3.63, 3.8) is 0 Å². The first-order valence-corrected chi connectivity index (χ1v) is 5.03. The minimum absolute atomic E-state index is 0. The van der Waals surface area contributed by atoms with Gasteiger partial charge in [-0.15, -0.1) is 0 Å². The Labute approximate surface area is 139 Å². The van der Waals surface area contributed by atoms with Crippen molar-refractivity contribution in [2.45, 2.75) is 25.7 Å². The molecule has 2 atom stereocenters. The van der Waals surface area contributed by atoms with Crippen LogP contribution < -0.4 is 69.3 Å². The van der Waals surface area contributed by atoms with Crippen LogP contribution in [0.2, 0.25) is 0 Å². The summed E-state index contributed by atoms with van der Waals surface area (Å²) in [4.78, 5) is 21.7. The van der Waals surface area contributed by atoms with Gasteiger partial charge in [-0.25, -0.2) is 0 Å². The molecule has 0 N–H and O–H groups in total. The number of hydrogen-bond donors (Lipinski definition) is 0. The zero-order chi connectivity index (χ0) is 10.3. The summed E-state index contributed by atoms with van der Waals surface area (Å²) < 4.78 is 0. The van der Waals surface area contributed by atoms with Gasteiger partial charge in [0.15, 0.2) is 0 Å². The fraction of sp³-hybridized carbons (Fsp3) is 0.800. The Hall–Kier alpha value is 0.940. The second-order valence-corrected chi connectivity index (χ2v) is 4.36. The van der Waals surface area contributed by atoms with Crippen molar-refractivity contribution in [1.29, 1.82) is 0 Å². The molecule has 0 aromatic carbocycles. The quantitative estimate of drug-likeness (QED) is 0.450. The molecule has 3 rings (SSSR count). The van der Waals surface area contributed by atoms with Crippen LogP contribution in [0.25, 0.3) is 0 Å². The molecule has 6 heteroatoms. The van der Waals surface area contributed by atoms with E-state index in [4.69, 9.17) is 0 Å². The average molecular weight is 242 g/mol. The van der Waals surface area contributed by atoms with Gasteiger partial charge in [-0.2, -0.15) is 0 Å². The smallest absolute Gasteiger partial charge is 0.550 e. The van der Waals surface area contributed by atoms with Crippen LogP contribution in [-0.4, -0.2) is 11.9 Å². The van der Waals surface area contributed by atoms with Crippen LogP contribution in [-0.2, 0) is 9.59 Å². The summed E-state index contributed by atoms with van der Waals surface area (Å²) in [5, 5.41) is 21.7. The van der Waals surface area contributed by atoms with Gasteiger partial charge in [0.2, 0.25) is 0 Å². The second kappa shape index (κ2) is 6.76. The van der Waals surface area contributed by atoms with E-state index in [9.17, 15) is 19.8 Å².